The van der Waals surface area contributed by atoms with Crippen molar-refractivity contribution in [3.05, 3.63) is 0 Å². The number of esters is 2. The highest BCUT2D eigenvalue weighted by atomic mass is 16.7. The molecule has 2 fully saturated rings. The lowest BCUT2D eigenvalue weighted by molar-refractivity contribution is -0.158. The molecule has 7 heteroatoms. The second-order valence-corrected chi connectivity index (χ2v) is 8.88. The number of carbonyl (C=O) groups excluding carboxylic acids is 2. The predicted octanol–water partition coefficient (Wildman–Crippen LogP) is 3.38. The molecular formula is C19H33BO6. The van der Waals surface area contributed by atoms with Gasteiger partial charge >= 0.3 is 19.1 Å². The average molecular weight is 368 g/mol. The highest BCUT2D eigenvalue weighted by Gasteiger charge is 2.69. The molecule has 148 valence electrons. The summed E-state index contributed by atoms with van der Waals surface area (Å²) >= 11 is 0. The summed E-state index contributed by atoms with van der Waals surface area (Å²) in [5.41, 5.74) is -2.85. The maximum atomic E-state index is 12.8. The smallest absolute Gasteiger partial charge is 0.463 e. The van der Waals surface area contributed by atoms with Crippen LogP contribution in [-0.2, 0) is 28.4 Å². The molecule has 2 unspecified atom stereocenters. The number of rotatable bonds is 5. The van der Waals surface area contributed by atoms with Gasteiger partial charge in [-0.25, -0.2) is 0 Å². The van der Waals surface area contributed by atoms with Gasteiger partial charge in [0.15, 0.2) is 0 Å². The third-order valence-corrected chi connectivity index (χ3v) is 6.56. The van der Waals surface area contributed by atoms with Gasteiger partial charge in [0.2, 0.25) is 0 Å². The van der Waals surface area contributed by atoms with E-state index in [0.717, 1.165) is 0 Å². The van der Waals surface area contributed by atoms with E-state index >= 15 is 0 Å². The molecule has 0 N–H and O–H groups in total. The summed E-state index contributed by atoms with van der Waals surface area (Å²) in [5, 5.41) is 0. The molecular weight excluding hydrogens is 335 g/mol. The molecule has 0 aromatic heterocycles. The van der Waals surface area contributed by atoms with E-state index in [1.165, 1.54) is 0 Å². The fourth-order valence-corrected chi connectivity index (χ4v) is 4.21. The Hall–Kier alpha value is -1.08. The largest absolute Gasteiger partial charge is 0.466 e. The molecule has 1 aliphatic heterocycles. The summed E-state index contributed by atoms with van der Waals surface area (Å²) in [6, 6.07) is 0. The van der Waals surface area contributed by atoms with Crippen LogP contribution >= 0.6 is 0 Å². The first-order valence-electron chi connectivity index (χ1n) is 9.56. The van der Waals surface area contributed by atoms with Crippen molar-refractivity contribution in [2.75, 3.05) is 13.2 Å². The van der Waals surface area contributed by atoms with Crippen molar-refractivity contribution in [2.45, 2.75) is 85.3 Å². The van der Waals surface area contributed by atoms with E-state index < -0.39 is 35.0 Å². The first-order valence-corrected chi connectivity index (χ1v) is 9.56. The third kappa shape index (κ3) is 3.17. The molecule has 0 radical (unpaired) electrons. The van der Waals surface area contributed by atoms with Gasteiger partial charge in [-0.15, -0.1) is 0 Å². The molecule has 0 amide bonds. The normalized spacial score (nSPS) is 35.4. The van der Waals surface area contributed by atoms with Gasteiger partial charge in [-0.3, -0.25) is 9.59 Å². The lowest BCUT2D eigenvalue weighted by Gasteiger charge is -2.37. The van der Waals surface area contributed by atoms with Crippen molar-refractivity contribution >= 4 is 19.1 Å². The predicted molar refractivity (Wildman–Crippen MR) is 98.5 cm³/mol. The minimum Gasteiger partial charge on any atom is -0.466 e. The Labute approximate surface area is 157 Å². The van der Waals surface area contributed by atoms with Gasteiger partial charge in [-0.05, 0) is 68.2 Å². The summed E-state index contributed by atoms with van der Waals surface area (Å²) in [4.78, 5) is 25.7. The molecule has 1 heterocycles. The molecule has 2 rings (SSSR count). The van der Waals surface area contributed by atoms with Gasteiger partial charge in [0.1, 0.15) is 0 Å². The number of ether oxygens (including phenoxy) is 2. The van der Waals surface area contributed by atoms with Crippen molar-refractivity contribution in [3.8, 4) is 0 Å². The zero-order valence-electron chi connectivity index (χ0n) is 17.4. The standard InChI is InChI=1S/C19H33BO6/c1-9-23-14(21)18(7)11-12-19(8,15(22)24-10-2)13(18)20-25-16(3,4)17(5,6)26-20/h13H,9-12H2,1-8H3. The maximum absolute atomic E-state index is 12.8. The topological polar surface area (TPSA) is 71.1 Å². The fraction of sp³-hybridized carbons (Fsp3) is 0.895. The van der Waals surface area contributed by atoms with Crippen LogP contribution < -0.4 is 0 Å². The molecule has 1 aliphatic carbocycles. The van der Waals surface area contributed by atoms with Crippen LogP contribution in [0.4, 0.5) is 0 Å². The van der Waals surface area contributed by atoms with Crippen molar-refractivity contribution in [1.29, 1.82) is 0 Å². The second kappa shape index (κ2) is 6.82. The average Bonchev–Trinajstić information content (AvgIpc) is 2.91. The van der Waals surface area contributed by atoms with E-state index in [-0.39, 0.29) is 11.9 Å². The fourth-order valence-electron chi connectivity index (χ4n) is 4.21. The minimum atomic E-state index is -0.876. The minimum absolute atomic E-state index is 0.292. The lowest BCUT2D eigenvalue weighted by atomic mass is 9.52. The van der Waals surface area contributed by atoms with Gasteiger partial charge < -0.3 is 18.8 Å². The third-order valence-electron chi connectivity index (χ3n) is 6.56. The van der Waals surface area contributed by atoms with Crippen LogP contribution in [0.3, 0.4) is 0 Å². The first-order chi connectivity index (χ1) is 11.9. The van der Waals surface area contributed by atoms with Crippen LogP contribution in [0.2, 0.25) is 5.82 Å². The quantitative estimate of drug-likeness (QED) is 0.547. The zero-order chi connectivity index (χ0) is 20.0. The summed E-state index contributed by atoms with van der Waals surface area (Å²) in [6.45, 7) is 15.7. The summed E-state index contributed by atoms with van der Waals surface area (Å²) < 4.78 is 23.2. The van der Waals surface area contributed by atoms with Crippen molar-refractivity contribution < 1.29 is 28.4 Å². The van der Waals surface area contributed by atoms with E-state index in [1.54, 1.807) is 13.8 Å². The Morgan fingerprint density at radius 1 is 0.846 bits per heavy atom. The molecule has 0 spiro atoms. The summed E-state index contributed by atoms with van der Waals surface area (Å²) in [6.07, 6.45) is 1.05. The van der Waals surface area contributed by atoms with Crippen LogP contribution in [0.15, 0.2) is 0 Å². The Morgan fingerprint density at radius 2 is 1.19 bits per heavy atom. The highest BCUT2D eigenvalue weighted by Crippen LogP contribution is 2.62. The number of hydrogen-bond donors (Lipinski definition) is 0. The molecule has 1 saturated carbocycles. The lowest BCUT2D eigenvalue weighted by Crippen LogP contribution is -2.47. The second-order valence-electron chi connectivity index (χ2n) is 8.88. The van der Waals surface area contributed by atoms with Crippen molar-refractivity contribution in [3.63, 3.8) is 0 Å². The van der Waals surface area contributed by atoms with Gasteiger partial charge in [0.25, 0.3) is 0 Å². The van der Waals surface area contributed by atoms with E-state index in [2.05, 4.69) is 0 Å². The van der Waals surface area contributed by atoms with E-state index in [0.29, 0.717) is 26.1 Å². The monoisotopic (exact) mass is 368 g/mol. The van der Waals surface area contributed by atoms with Gasteiger partial charge in [-0.2, -0.15) is 0 Å². The highest BCUT2D eigenvalue weighted by molar-refractivity contribution is 6.49. The van der Waals surface area contributed by atoms with Crippen LogP contribution in [-0.4, -0.2) is 43.5 Å². The molecule has 2 aliphatic rings. The Balaban J connectivity index is 2.48. The van der Waals surface area contributed by atoms with Crippen molar-refractivity contribution in [1.82, 2.24) is 0 Å². The van der Waals surface area contributed by atoms with Crippen molar-refractivity contribution in [2.24, 2.45) is 10.8 Å². The van der Waals surface area contributed by atoms with Crippen LogP contribution in [0.5, 0.6) is 0 Å². The molecule has 0 bridgehead atoms. The van der Waals surface area contributed by atoms with Gasteiger partial charge in [-0.1, -0.05) is 0 Å². The zero-order valence-corrected chi connectivity index (χ0v) is 17.4. The van der Waals surface area contributed by atoms with Crippen LogP contribution in [0.25, 0.3) is 0 Å². The Morgan fingerprint density at radius 3 is 1.50 bits per heavy atom. The van der Waals surface area contributed by atoms with E-state index in [4.69, 9.17) is 18.8 Å². The van der Waals surface area contributed by atoms with Crippen LogP contribution in [0.1, 0.15) is 68.2 Å². The van der Waals surface area contributed by atoms with Gasteiger partial charge in [0, 0.05) is 5.82 Å². The molecule has 26 heavy (non-hydrogen) atoms. The molecule has 0 aromatic rings. The SMILES string of the molecule is CCOC(=O)C1(C)CCC(C)(C(=O)OCC)C1B1OC(C)(C)C(C)(C)O1. The van der Waals surface area contributed by atoms with E-state index in [9.17, 15) is 9.59 Å². The molecule has 1 saturated heterocycles. The summed E-state index contributed by atoms with van der Waals surface area (Å²) in [7, 11) is -0.689. The molecule has 0 aromatic carbocycles. The van der Waals surface area contributed by atoms with E-state index in [1.807, 2.05) is 41.5 Å². The molecule has 6 nitrogen and oxygen atoms in total. The first kappa shape index (κ1) is 21.2. The molecule has 2 atom stereocenters. The van der Waals surface area contributed by atoms with Crippen LogP contribution in [0, 0.1) is 10.8 Å². The number of carbonyl (C=O) groups is 2. The van der Waals surface area contributed by atoms with Gasteiger partial charge in [0.05, 0.1) is 35.2 Å². The Kier molecular flexibility index (Phi) is 5.57. The maximum Gasteiger partial charge on any atom is 0.463 e. The Bertz CT molecular complexity index is 526. The number of hydrogen-bond acceptors (Lipinski definition) is 6. The summed E-state index contributed by atoms with van der Waals surface area (Å²) in [5.74, 6) is -1.12.